The van der Waals surface area contributed by atoms with Crippen LogP contribution in [0, 0.1) is 11.7 Å². The molecule has 1 N–H and O–H groups in total. The van der Waals surface area contributed by atoms with Gasteiger partial charge in [0.25, 0.3) is 10.2 Å². The zero-order valence-electron chi connectivity index (χ0n) is 11.9. The van der Waals surface area contributed by atoms with Gasteiger partial charge in [-0.05, 0) is 30.2 Å². The number of anilines is 1. The number of amides is 1. The van der Waals surface area contributed by atoms with Crippen molar-refractivity contribution in [3.05, 3.63) is 30.1 Å². The van der Waals surface area contributed by atoms with Gasteiger partial charge in [0.15, 0.2) is 0 Å². The smallest absolute Gasteiger partial charge is 0.278 e. The van der Waals surface area contributed by atoms with Crippen LogP contribution in [0.2, 0.25) is 0 Å². The van der Waals surface area contributed by atoms with Gasteiger partial charge in [0.05, 0.1) is 0 Å². The molecule has 1 unspecified atom stereocenters. The molecule has 1 heterocycles. The van der Waals surface area contributed by atoms with Gasteiger partial charge in [0.2, 0.25) is 5.91 Å². The Kier molecular flexibility index (Phi) is 4.60. The summed E-state index contributed by atoms with van der Waals surface area (Å²) >= 11 is 0. The maximum Gasteiger partial charge on any atom is 0.278 e. The summed E-state index contributed by atoms with van der Waals surface area (Å²) in [5, 5.41) is 0. The first-order valence-corrected chi connectivity index (χ1v) is 7.96. The maximum absolute atomic E-state index is 12.9. The number of hydrogen-bond acceptors (Lipinski definition) is 3. The Bertz CT molecular complexity index is 616. The van der Waals surface area contributed by atoms with Crippen molar-refractivity contribution in [3.8, 4) is 0 Å². The molecule has 21 heavy (non-hydrogen) atoms. The van der Waals surface area contributed by atoms with Gasteiger partial charge in [-0.3, -0.25) is 4.79 Å². The van der Waals surface area contributed by atoms with Crippen molar-refractivity contribution < 1.29 is 17.6 Å². The van der Waals surface area contributed by atoms with Crippen molar-refractivity contribution in [2.24, 2.45) is 5.92 Å². The minimum absolute atomic E-state index is 0.0874. The van der Waals surface area contributed by atoms with Crippen LogP contribution < -0.4 is 9.62 Å². The average Bonchev–Trinajstić information content (AvgIpc) is 2.79. The molecule has 0 bridgehead atoms. The molecule has 0 radical (unpaired) electrons. The van der Waals surface area contributed by atoms with E-state index in [1.807, 2.05) is 0 Å². The molecule has 8 heteroatoms. The zero-order chi connectivity index (χ0) is 15.6. The van der Waals surface area contributed by atoms with Gasteiger partial charge < -0.3 is 4.90 Å². The van der Waals surface area contributed by atoms with E-state index >= 15 is 0 Å². The predicted octanol–water partition coefficient (Wildman–Crippen LogP) is 0.575. The molecule has 1 atom stereocenters. The molecule has 116 valence electrons. The number of benzene rings is 1. The number of rotatable bonds is 5. The molecule has 0 aromatic heterocycles. The van der Waals surface area contributed by atoms with Crippen LogP contribution in [0.15, 0.2) is 24.3 Å². The highest BCUT2D eigenvalue weighted by Crippen LogP contribution is 2.24. The predicted molar refractivity (Wildman–Crippen MR) is 77.5 cm³/mol. The summed E-state index contributed by atoms with van der Waals surface area (Å²) in [6, 6.07) is 5.68. The van der Waals surface area contributed by atoms with Gasteiger partial charge in [-0.2, -0.15) is 12.7 Å². The quantitative estimate of drug-likeness (QED) is 0.864. The van der Waals surface area contributed by atoms with Crippen LogP contribution in [0.1, 0.15) is 6.42 Å². The second kappa shape index (κ2) is 6.08. The molecule has 1 aromatic carbocycles. The van der Waals surface area contributed by atoms with Gasteiger partial charge in [0.1, 0.15) is 5.82 Å². The molecule has 1 aliphatic rings. The number of halogens is 1. The van der Waals surface area contributed by atoms with Crippen molar-refractivity contribution in [2.75, 3.05) is 32.1 Å². The van der Waals surface area contributed by atoms with Gasteiger partial charge in [-0.1, -0.05) is 0 Å². The third kappa shape index (κ3) is 3.78. The Hall–Kier alpha value is -1.51. The number of carbonyl (C=O) groups is 1. The number of nitrogens with zero attached hydrogens (tertiary/aromatic N) is 2. The lowest BCUT2D eigenvalue weighted by Gasteiger charge is -2.18. The molecule has 1 aliphatic heterocycles. The van der Waals surface area contributed by atoms with E-state index < -0.39 is 10.2 Å². The fraction of sp³-hybridized carbons (Fsp3) is 0.462. The van der Waals surface area contributed by atoms with E-state index in [4.69, 9.17) is 0 Å². The molecule has 1 aromatic rings. The van der Waals surface area contributed by atoms with Crippen LogP contribution in [0.25, 0.3) is 0 Å². The van der Waals surface area contributed by atoms with E-state index in [1.165, 1.54) is 26.2 Å². The van der Waals surface area contributed by atoms with E-state index in [-0.39, 0.29) is 30.6 Å². The van der Waals surface area contributed by atoms with Gasteiger partial charge in [-0.25, -0.2) is 9.11 Å². The number of hydrogen-bond donors (Lipinski definition) is 1. The topological polar surface area (TPSA) is 69.7 Å². The zero-order valence-corrected chi connectivity index (χ0v) is 12.7. The second-order valence-electron chi connectivity index (χ2n) is 5.19. The van der Waals surface area contributed by atoms with Crippen LogP contribution >= 0.6 is 0 Å². The SMILES string of the molecule is CN(C)S(=O)(=O)NCC1CC(=O)N(c2ccc(F)cc2)C1. The average molecular weight is 315 g/mol. The molecule has 1 amide bonds. The maximum atomic E-state index is 12.9. The van der Waals surface area contributed by atoms with Gasteiger partial charge in [0, 0.05) is 39.3 Å². The fourth-order valence-corrected chi connectivity index (χ4v) is 2.85. The summed E-state index contributed by atoms with van der Waals surface area (Å²) in [7, 11) is -0.612. The first-order chi connectivity index (χ1) is 9.79. The third-order valence-corrected chi connectivity index (χ3v) is 4.87. The Morgan fingerprint density at radius 1 is 1.33 bits per heavy atom. The normalized spacial score (nSPS) is 19.5. The molecule has 1 saturated heterocycles. The van der Waals surface area contributed by atoms with Crippen molar-refractivity contribution in [2.45, 2.75) is 6.42 Å². The minimum Gasteiger partial charge on any atom is -0.312 e. The van der Waals surface area contributed by atoms with Gasteiger partial charge in [-0.15, -0.1) is 0 Å². The molecule has 0 spiro atoms. The van der Waals surface area contributed by atoms with Crippen LogP contribution in [0.4, 0.5) is 10.1 Å². The van der Waals surface area contributed by atoms with Crippen molar-refractivity contribution in [3.63, 3.8) is 0 Å². The fourth-order valence-electron chi connectivity index (χ4n) is 2.14. The van der Waals surface area contributed by atoms with Gasteiger partial charge >= 0.3 is 0 Å². The summed E-state index contributed by atoms with van der Waals surface area (Å²) in [5.74, 6) is -0.548. The highest BCUT2D eigenvalue weighted by atomic mass is 32.2. The van der Waals surface area contributed by atoms with Crippen molar-refractivity contribution >= 4 is 21.8 Å². The van der Waals surface area contributed by atoms with E-state index in [9.17, 15) is 17.6 Å². The first kappa shape index (κ1) is 15.9. The summed E-state index contributed by atoms with van der Waals surface area (Å²) in [5.41, 5.74) is 0.624. The van der Waals surface area contributed by atoms with E-state index in [0.717, 1.165) is 4.31 Å². The largest absolute Gasteiger partial charge is 0.312 e. The van der Waals surface area contributed by atoms with Crippen molar-refractivity contribution in [1.29, 1.82) is 0 Å². The lowest BCUT2D eigenvalue weighted by Crippen LogP contribution is -2.38. The summed E-state index contributed by atoms with van der Waals surface area (Å²) in [6.07, 6.45) is 0.271. The standard InChI is InChI=1S/C13H18FN3O3S/c1-16(2)21(19,20)15-8-10-7-13(18)17(9-10)12-5-3-11(14)4-6-12/h3-6,10,15H,7-9H2,1-2H3. The Labute approximate surface area is 123 Å². The Morgan fingerprint density at radius 3 is 2.52 bits per heavy atom. The lowest BCUT2D eigenvalue weighted by molar-refractivity contribution is -0.117. The number of carbonyl (C=O) groups excluding carboxylic acids is 1. The van der Waals surface area contributed by atoms with Crippen LogP contribution in [0.3, 0.4) is 0 Å². The summed E-state index contributed by atoms with van der Waals surface area (Å²) in [4.78, 5) is 13.5. The Morgan fingerprint density at radius 2 is 1.95 bits per heavy atom. The monoisotopic (exact) mass is 315 g/mol. The van der Waals surface area contributed by atoms with Crippen LogP contribution in [-0.2, 0) is 15.0 Å². The first-order valence-electron chi connectivity index (χ1n) is 6.52. The molecule has 2 rings (SSSR count). The second-order valence-corrected chi connectivity index (χ2v) is 7.16. The van der Waals surface area contributed by atoms with E-state index in [2.05, 4.69) is 4.72 Å². The highest BCUT2D eigenvalue weighted by molar-refractivity contribution is 7.87. The molecule has 0 aliphatic carbocycles. The highest BCUT2D eigenvalue weighted by Gasteiger charge is 2.31. The van der Waals surface area contributed by atoms with E-state index in [0.29, 0.717) is 12.2 Å². The molecular formula is C13H18FN3O3S. The van der Waals surface area contributed by atoms with Crippen LogP contribution in [0.5, 0.6) is 0 Å². The summed E-state index contributed by atoms with van der Waals surface area (Å²) in [6.45, 7) is 0.615. The molecule has 0 saturated carbocycles. The third-order valence-electron chi connectivity index (χ3n) is 3.38. The number of nitrogens with one attached hydrogen (secondary N) is 1. The molecule has 1 fully saturated rings. The van der Waals surface area contributed by atoms with Crippen molar-refractivity contribution in [1.82, 2.24) is 9.03 Å². The van der Waals surface area contributed by atoms with E-state index in [1.54, 1.807) is 17.0 Å². The summed E-state index contributed by atoms with van der Waals surface area (Å²) < 4.78 is 39.7. The van der Waals surface area contributed by atoms with Crippen LogP contribution in [-0.4, -0.2) is 45.8 Å². The lowest BCUT2D eigenvalue weighted by atomic mass is 10.1. The minimum atomic E-state index is -3.49. The molecular weight excluding hydrogens is 297 g/mol. The Balaban J connectivity index is 1.98. The molecule has 6 nitrogen and oxygen atoms in total.